The van der Waals surface area contributed by atoms with Gasteiger partial charge in [0.25, 0.3) is 0 Å². The van der Waals surface area contributed by atoms with Crippen molar-refractivity contribution in [2.24, 2.45) is 0 Å². The van der Waals surface area contributed by atoms with Gasteiger partial charge in [-0.05, 0) is 24.6 Å². The van der Waals surface area contributed by atoms with E-state index < -0.39 is 0 Å². The standard InChI is InChI=1S/C9H8O3.Ar/c1-6-2-7(4-10)9(12)8(3-6)5-11;/h2-5,12H,1H3;. The number of phenolic OH excluding ortho intramolecular Hbond substituents is 1. The molecule has 13 heavy (non-hydrogen) atoms. The summed E-state index contributed by atoms with van der Waals surface area (Å²) in [6.07, 6.45) is 1.05. The molecule has 70 valence electrons. The molecule has 0 atom stereocenters. The average Bonchev–Trinajstić information content (AvgIpc) is 2.08. The fraction of sp³-hybridized carbons (Fsp3) is 0.111. The Balaban J connectivity index is 0.00000144. The van der Waals surface area contributed by atoms with Crippen molar-refractivity contribution in [3.05, 3.63) is 28.8 Å². The van der Waals surface area contributed by atoms with Gasteiger partial charge in [-0.3, -0.25) is 9.59 Å². The van der Waals surface area contributed by atoms with Crippen LogP contribution in [0.1, 0.15) is 26.3 Å². The third-order valence-corrected chi connectivity index (χ3v) is 1.57. The van der Waals surface area contributed by atoms with Crippen molar-refractivity contribution in [2.75, 3.05) is 0 Å². The number of benzene rings is 1. The maximum Gasteiger partial charge on any atom is 0.153 e. The smallest absolute Gasteiger partial charge is 0.153 e. The molecule has 0 radical (unpaired) electrons. The predicted molar refractivity (Wildman–Crippen MR) is 43.6 cm³/mol. The SMILES string of the molecule is Cc1cc(C=O)c(O)c(C=O)c1.[Ar]. The number of aryl methyl sites for hydroxylation is 1. The minimum Gasteiger partial charge on any atom is -0.506 e. The zero-order valence-electron chi connectivity index (χ0n) is 6.93. The molecule has 1 aromatic rings. The number of hydrogen-bond acceptors (Lipinski definition) is 3. The van der Waals surface area contributed by atoms with Gasteiger partial charge in [-0.1, -0.05) is 0 Å². The first kappa shape index (κ1) is 12.6. The van der Waals surface area contributed by atoms with Crippen molar-refractivity contribution in [1.29, 1.82) is 0 Å². The molecule has 0 aliphatic carbocycles. The molecule has 0 fully saturated rings. The van der Waals surface area contributed by atoms with Gasteiger partial charge in [0.1, 0.15) is 5.75 Å². The van der Waals surface area contributed by atoms with Gasteiger partial charge < -0.3 is 5.11 Å². The first-order chi connectivity index (χ1) is 5.69. The van der Waals surface area contributed by atoms with Gasteiger partial charge in [-0.15, -0.1) is 0 Å². The Kier molecular flexibility index (Phi) is 5.21. The number of phenols is 1. The zero-order valence-corrected chi connectivity index (χ0v) is 7.63. The molecule has 0 unspecified atom stereocenters. The van der Waals surface area contributed by atoms with Crippen molar-refractivity contribution in [3.8, 4) is 5.75 Å². The molecule has 0 saturated carbocycles. The minimum absolute atomic E-state index is 0. The fourth-order valence-electron chi connectivity index (χ4n) is 1.02. The maximum atomic E-state index is 10.4. The minimum atomic E-state index is -0.245. The second kappa shape index (κ2) is 5.37. The summed E-state index contributed by atoms with van der Waals surface area (Å²) in [5.74, 6) is -0.245. The summed E-state index contributed by atoms with van der Waals surface area (Å²) in [7, 11) is 0. The fourth-order valence-corrected chi connectivity index (χ4v) is 1.02. The van der Waals surface area contributed by atoms with Gasteiger partial charge in [0.15, 0.2) is 12.6 Å². The van der Waals surface area contributed by atoms with E-state index in [9.17, 15) is 14.7 Å². The summed E-state index contributed by atoms with van der Waals surface area (Å²) in [6, 6.07) is 3.05. The number of aldehydes is 2. The monoisotopic (exact) mass is 204 g/mol. The molecule has 0 aromatic heterocycles. The van der Waals surface area contributed by atoms with Gasteiger partial charge in [-0.25, -0.2) is 0 Å². The van der Waals surface area contributed by atoms with Crippen molar-refractivity contribution in [1.82, 2.24) is 0 Å². The Morgan fingerprint density at radius 1 is 1.15 bits per heavy atom. The second-order valence-electron chi connectivity index (χ2n) is 2.53. The Bertz CT molecular complexity index is 305. The van der Waals surface area contributed by atoms with Crippen LogP contribution in [0.2, 0.25) is 0 Å². The summed E-state index contributed by atoms with van der Waals surface area (Å²) in [6.45, 7) is 1.75. The summed E-state index contributed by atoms with van der Waals surface area (Å²) >= 11 is 0. The van der Waals surface area contributed by atoms with E-state index in [0.717, 1.165) is 5.56 Å². The van der Waals surface area contributed by atoms with Crippen LogP contribution in [0.15, 0.2) is 12.1 Å². The summed E-state index contributed by atoms with van der Waals surface area (Å²) < 4.78 is 0. The van der Waals surface area contributed by atoms with E-state index in [4.69, 9.17) is 0 Å². The second-order valence-corrected chi connectivity index (χ2v) is 2.53. The van der Waals surface area contributed by atoms with Gasteiger partial charge >= 0.3 is 0 Å². The Labute approximate surface area is 106 Å². The van der Waals surface area contributed by atoms with E-state index in [1.165, 1.54) is 12.1 Å². The van der Waals surface area contributed by atoms with Gasteiger partial charge in [0, 0.05) is 37.7 Å². The van der Waals surface area contributed by atoms with Crippen LogP contribution in [0.4, 0.5) is 0 Å². The molecule has 0 aliphatic heterocycles. The normalized spacial score (nSPS) is 8.69. The molecule has 0 bridgehead atoms. The third-order valence-electron chi connectivity index (χ3n) is 1.57. The van der Waals surface area contributed by atoms with Crippen LogP contribution >= 0.6 is 0 Å². The van der Waals surface area contributed by atoms with Crippen molar-refractivity contribution in [2.45, 2.75) is 6.92 Å². The largest absolute Gasteiger partial charge is 0.506 e. The van der Waals surface area contributed by atoms with Crippen LogP contribution in [-0.4, -0.2) is 17.7 Å². The summed E-state index contributed by atoms with van der Waals surface area (Å²) in [5.41, 5.74) is 1.08. The van der Waals surface area contributed by atoms with E-state index in [1.54, 1.807) is 6.92 Å². The van der Waals surface area contributed by atoms with Crippen LogP contribution in [0.5, 0.6) is 5.75 Å². The molecular formula is C9H8ArO3. The maximum absolute atomic E-state index is 10.4. The first-order valence-corrected chi connectivity index (χ1v) is 3.43. The first-order valence-electron chi connectivity index (χ1n) is 3.43. The van der Waals surface area contributed by atoms with Crippen LogP contribution in [-0.2, 0) is 0 Å². The van der Waals surface area contributed by atoms with E-state index in [1.807, 2.05) is 0 Å². The number of aromatic hydroxyl groups is 1. The average molecular weight is 204 g/mol. The molecule has 1 N–H and O–H groups in total. The van der Waals surface area contributed by atoms with E-state index in [2.05, 4.69) is 0 Å². The quantitative estimate of drug-likeness (QED) is 0.739. The molecule has 4 heteroatoms. The van der Waals surface area contributed by atoms with E-state index in [-0.39, 0.29) is 54.6 Å². The molecule has 0 saturated heterocycles. The summed E-state index contributed by atoms with van der Waals surface area (Å²) in [5, 5.41) is 9.25. The Hall–Kier alpha value is -0.380. The van der Waals surface area contributed by atoms with Crippen LogP contribution in [0, 0.1) is 44.7 Å². The third kappa shape index (κ3) is 2.79. The molecule has 1 rings (SSSR count). The van der Waals surface area contributed by atoms with Gasteiger partial charge in [0.2, 0.25) is 0 Å². The molecule has 3 nitrogen and oxygen atoms in total. The van der Waals surface area contributed by atoms with E-state index >= 15 is 0 Å². The molecule has 1 aromatic carbocycles. The molecule has 0 amide bonds. The van der Waals surface area contributed by atoms with Gasteiger partial charge in [-0.2, -0.15) is 0 Å². The summed E-state index contributed by atoms with van der Waals surface area (Å²) in [4.78, 5) is 20.7. The van der Waals surface area contributed by atoms with E-state index in [0.29, 0.717) is 12.6 Å². The molecule has 0 spiro atoms. The zero-order chi connectivity index (χ0) is 9.14. The molecule has 0 aliphatic rings. The topological polar surface area (TPSA) is 54.4 Å². The number of hydrogen-bond donors (Lipinski definition) is 1. The van der Waals surface area contributed by atoms with Crippen molar-refractivity contribution in [3.63, 3.8) is 0 Å². The Morgan fingerprint density at radius 2 is 1.54 bits per heavy atom. The van der Waals surface area contributed by atoms with Crippen LogP contribution in [0.25, 0.3) is 0 Å². The number of carbonyl (C=O) groups excluding carboxylic acids is 2. The van der Waals surface area contributed by atoms with Crippen LogP contribution in [0.3, 0.4) is 0 Å². The Morgan fingerprint density at radius 3 is 1.85 bits per heavy atom. The molecular weight excluding hydrogens is 196 g/mol. The number of rotatable bonds is 2. The van der Waals surface area contributed by atoms with Crippen molar-refractivity contribution < 1.29 is 52.4 Å². The number of carbonyl (C=O) groups is 2. The van der Waals surface area contributed by atoms with Gasteiger partial charge in [0.05, 0.1) is 11.1 Å². The predicted octanol–water partition coefficient (Wildman–Crippen LogP) is 1.33. The van der Waals surface area contributed by atoms with Crippen LogP contribution < -0.4 is 0 Å². The molecule has 0 heterocycles. The van der Waals surface area contributed by atoms with Crippen molar-refractivity contribution >= 4 is 12.6 Å².